The van der Waals surface area contributed by atoms with Gasteiger partial charge >= 0.3 is 0 Å². The molecule has 0 saturated carbocycles. The molecule has 172 valence electrons. The third-order valence-corrected chi connectivity index (χ3v) is 6.23. The summed E-state index contributed by atoms with van der Waals surface area (Å²) in [6.07, 6.45) is 2.73. The second-order valence-electron chi connectivity index (χ2n) is 9.24. The molecule has 2 unspecified atom stereocenters. The predicted molar refractivity (Wildman–Crippen MR) is 129 cm³/mol. The molecule has 1 fully saturated rings. The average Bonchev–Trinajstić information content (AvgIpc) is 2.79. The number of hydrogen-bond acceptors (Lipinski definition) is 4. The Kier molecular flexibility index (Phi) is 6.58. The minimum atomic E-state index is -0.219. The van der Waals surface area contributed by atoms with Crippen molar-refractivity contribution in [3.05, 3.63) is 70.3 Å². The molecular formula is C26H30N4O3. The molecule has 1 aliphatic heterocycles. The Hall–Kier alpha value is -3.48. The van der Waals surface area contributed by atoms with Crippen LogP contribution < -0.4 is 10.9 Å². The van der Waals surface area contributed by atoms with Crippen molar-refractivity contribution in [1.29, 1.82) is 0 Å². The van der Waals surface area contributed by atoms with Crippen molar-refractivity contribution in [2.45, 2.75) is 40.2 Å². The van der Waals surface area contributed by atoms with Crippen LogP contribution in [0.4, 0.5) is 5.69 Å². The summed E-state index contributed by atoms with van der Waals surface area (Å²) in [4.78, 5) is 44.5. The van der Waals surface area contributed by atoms with Gasteiger partial charge in [0.15, 0.2) is 0 Å². The van der Waals surface area contributed by atoms with E-state index in [1.807, 2.05) is 30.0 Å². The van der Waals surface area contributed by atoms with E-state index in [9.17, 15) is 14.4 Å². The smallest absolute Gasteiger partial charge is 0.261 e. The number of carbonyl (C=O) groups excluding carboxylic acids is 2. The number of amides is 2. The van der Waals surface area contributed by atoms with Crippen molar-refractivity contribution < 1.29 is 9.59 Å². The first-order valence-electron chi connectivity index (χ1n) is 11.5. The molecule has 33 heavy (non-hydrogen) atoms. The molecule has 2 aromatic carbocycles. The second-order valence-corrected chi connectivity index (χ2v) is 9.24. The molecule has 1 saturated heterocycles. The Morgan fingerprint density at radius 1 is 1.09 bits per heavy atom. The van der Waals surface area contributed by atoms with Crippen molar-refractivity contribution in [2.75, 3.05) is 18.4 Å². The van der Waals surface area contributed by atoms with Crippen LogP contribution in [0.25, 0.3) is 10.9 Å². The van der Waals surface area contributed by atoms with Gasteiger partial charge in [-0.05, 0) is 55.0 Å². The lowest BCUT2D eigenvalue weighted by molar-refractivity contribution is -0.116. The molecule has 0 spiro atoms. The van der Waals surface area contributed by atoms with Crippen LogP contribution in [0, 0.1) is 18.8 Å². The second kappa shape index (κ2) is 9.57. The standard InChI is InChI=1S/C26H30N4O3/c1-17-12-18(2)15-30(14-17)25(32)20-9-8-19(3)23(13-20)28-24(31)10-11-29-16-27-22-7-5-4-6-21(22)26(29)33/h4-9,13,16-18H,10-12,14-15H2,1-3H3,(H,28,31). The molecule has 1 aliphatic rings. The first-order valence-corrected chi connectivity index (χ1v) is 11.5. The molecule has 4 rings (SSSR count). The summed E-state index contributed by atoms with van der Waals surface area (Å²) in [5, 5.41) is 3.44. The molecule has 0 radical (unpaired) electrons. The normalized spacial score (nSPS) is 18.3. The van der Waals surface area contributed by atoms with Crippen molar-refractivity contribution in [1.82, 2.24) is 14.5 Å². The van der Waals surface area contributed by atoms with Gasteiger partial charge in [0.2, 0.25) is 5.91 Å². The van der Waals surface area contributed by atoms with Crippen molar-refractivity contribution >= 4 is 28.4 Å². The van der Waals surface area contributed by atoms with E-state index in [1.165, 1.54) is 10.9 Å². The number of nitrogens with zero attached hydrogens (tertiary/aromatic N) is 3. The average molecular weight is 447 g/mol. The number of aryl methyl sites for hydroxylation is 2. The molecule has 0 aliphatic carbocycles. The van der Waals surface area contributed by atoms with Gasteiger partial charge in [0.1, 0.15) is 0 Å². The van der Waals surface area contributed by atoms with E-state index >= 15 is 0 Å². The van der Waals surface area contributed by atoms with Gasteiger partial charge in [0.05, 0.1) is 17.2 Å². The van der Waals surface area contributed by atoms with Gasteiger partial charge in [-0.3, -0.25) is 19.0 Å². The molecule has 1 aromatic heterocycles. The summed E-state index contributed by atoms with van der Waals surface area (Å²) >= 11 is 0. The highest BCUT2D eigenvalue weighted by Gasteiger charge is 2.26. The maximum absolute atomic E-state index is 13.1. The topological polar surface area (TPSA) is 84.3 Å². The number of likely N-dealkylation sites (tertiary alicyclic amines) is 1. The van der Waals surface area contributed by atoms with Gasteiger partial charge in [-0.2, -0.15) is 0 Å². The highest BCUT2D eigenvalue weighted by Crippen LogP contribution is 2.24. The summed E-state index contributed by atoms with van der Waals surface area (Å²) in [6, 6.07) is 12.6. The van der Waals surface area contributed by atoms with E-state index in [0.717, 1.165) is 25.1 Å². The maximum atomic E-state index is 13.1. The Morgan fingerprint density at radius 3 is 2.58 bits per heavy atom. The number of piperidine rings is 1. The number of carbonyl (C=O) groups is 2. The molecule has 2 atom stereocenters. The molecule has 7 nitrogen and oxygen atoms in total. The third kappa shape index (κ3) is 5.13. The molecule has 2 amide bonds. The molecule has 3 aromatic rings. The summed E-state index contributed by atoms with van der Waals surface area (Å²) < 4.78 is 1.45. The number of aromatic nitrogens is 2. The Bertz CT molecular complexity index is 1240. The Labute approximate surface area is 193 Å². The van der Waals surface area contributed by atoms with E-state index in [0.29, 0.717) is 34.0 Å². The highest BCUT2D eigenvalue weighted by atomic mass is 16.2. The lowest BCUT2D eigenvalue weighted by Gasteiger charge is -2.35. The van der Waals surface area contributed by atoms with Gasteiger partial charge in [0, 0.05) is 37.3 Å². The number of para-hydroxylation sites is 1. The largest absolute Gasteiger partial charge is 0.338 e. The summed E-state index contributed by atoms with van der Waals surface area (Å²) in [5.74, 6) is 0.742. The molecule has 2 heterocycles. The Balaban J connectivity index is 1.43. The van der Waals surface area contributed by atoms with E-state index in [4.69, 9.17) is 0 Å². The molecule has 0 bridgehead atoms. The van der Waals surface area contributed by atoms with Crippen molar-refractivity contribution in [3.8, 4) is 0 Å². The fourth-order valence-corrected chi connectivity index (χ4v) is 4.60. The van der Waals surface area contributed by atoms with E-state index in [2.05, 4.69) is 24.1 Å². The minimum Gasteiger partial charge on any atom is -0.338 e. The van der Waals surface area contributed by atoms with Crippen LogP contribution in [0.1, 0.15) is 42.6 Å². The number of nitrogens with one attached hydrogen (secondary N) is 1. The van der Waals surface area contributed by atoms with Gasteiger partial charge in [0.25, 0.3) is 11.5 Å². The van der Waals surface area contributed by atoms with Crippen molar-refractivity contribution in [2.24, 2.45) is 11.8 Å². The third-order valence-electron chi connectivity index (χ3n) is 6.23. The minimum absolute atomic E-state index is 0.00214. The van der Waals surface area contributed by atoms with Crippen LogP contribution in [0.3, 0.4) is 0 Å². The zero-order valence-corrected chi connectivity index (χ0v) is 19.4. The lowest BCUT2D eigenvalue weighted by atomic mass is 9.91. The molecule has 1 N–H and O–H groups in total. The lowest BCUT2D eigenvalue weighted by Crippen LogP contribution is -2.42. The zero-order chi connectivity index (χ0) is 23.5. The quantitative estimate of drug-likeness (QED) is 0.645. The summed E-state index contributed by atoms with van der Waals surface area (Å²) in [7, 11) is 0. The summed E-state index contributed by atoms with van der Waals surface area (Å²) in [5.41, 5.74) is 2.55. The Morgan fingerprint density at radius 2 is 1.82 bits per heavy atom. The number of benzene rings is 2. The van der Waals surface area contributed by atoms with Crippen LogP contribution in [0.2, 0.25) is 0 Å². The first-order chi connectivity index (χ1) is 15.8. The number of rotatable bonds is 5. The van der Waals surface area contributed by atoms with Gasteiger partial charge in [-0.1, -0.05) is 32.0 Å². The van der Waals surface area contributed by atoms with Crippen LogP contribution in [-0.4, -0.2) is 39.4 Å². The van der Waals surface area contributed by atoms with Crippen LogP contribution in [0.15, 0.2) is 53.6 Å². The number of anilines is 1. The van der Waals surface area contributed by atoms with Crippen molar-refractivity contribution in [3.63, 3.8) is 0 Å². The first kappa shape index (κ1) is 22.7. The van der Waals surface area contributed by atoms with E-state index < -0.39 is 0 Å². The van der Waals surface area contributed by atoms with Gasteiger partial charge < -0.3 is 10.2 Å². The van der Waals surface area contributed by atoms with E-state index in [-0.39, 0.29) is 30.3 Å². The molecular weight excluding hydrogens is 416 g/mol. The van der Waals surface area contributed by atoms with Crippen LogP contribution in [-0.2, 0) is 11.3 Å². The number of fused-ring (bicyclic) bond motifs is 1. The fourth-order valence-electron chi connectivity index (χ4n) is 4.60. The van der Waals surface area contributed by atoms with E-state index in [1.54, 1.807) is 24.3 Å². The monoisotopic (exact) mass is 446 g/mol. The van der Waals surface area contributed by atoms with Crippen LogP contribution in [0.5, 0.6) is 0 Å². The van der Waals surface area contributed by atoms with Gasteiger partial charge in [-0.15, -0.1) is 0 Å². The number of hydrogen-bond donors (Lipinski definition) is 1. The highest BCUT2D eigenvalue weighted by molar-refractivity contribution is 5.97. The fraction of sp³-hybridized carbons (Fsp3) is 0.385. The maximum Gasteiger partial charge on any atom is 0.261 e. The summed E-state index contributed by atoms with van der Waals surface area (Å²) in [6.45, 7) is 7.98. The molecule has 7 heteroatoms. The van der Waals surface area contributed by atoms with Gasteiger partial charge in [-0.25, -0.2) is 4.98 Å². The van der Waals surface area contributed by atoms with Crippen LogP contribution >= 0.6 is 0 Å². The zero-order valence-electron chi connectivity index (χ0n) is 19.4. The SMILES string of the molecule is Cc1ccc(C(=O)N2CC(C)CC(C)C2)cc1NC(=O)CCn1cnc2ccccc2c1=O. The predicted octanol–water partition coefficient (Wildman–Crippen LogP) is 3.85.